The molecule has 6 nitrogen and oxygen atoms in total. The maximum Gasteiger partial charge on any atom is 0.391 e. The Morgan fingerprint density at radius 1 is 1.24 bits per heavy atom. The molecule has 5 rings (SSSR count). The molecule has 34 heavy (non-hydrogen) atoms. The maximum absolute atomic E-state index is 13.1. The van der Waals surface area contributed by atoms with Gasteiger partial charge >= 0.3 is 6.18 Å². The predicted octanol–water partition coefficient (Wildman–Crippen LogP) is 4.31. The van der Waals surface area contributed by atoms with Crippen LogP contribution in [0.1, 0.15) is 28.1 Å². The monoisotopic (exact) mass is 491 g/mol. The summed E-state index contributed by atoms with van der Waals surface area (Å²) in [6, 6.07) is 7.45. The van der Waals surface area contributed by atoms with Gasteiger partial charge in [0.1, 0.15) is 4.88 Å². The van der Waals surface area contributed by atoms with E-state index in [0.29, 0.717) is 11.3 Å². The van der Waals surface area contributed by atoms with Crippen LogP contribution in [0.2, 0.25) is 0 Å². The number of thiazole rings is 1. The van der Waals surface area contributed by atoms with Gasteiger partial charge < -0.3 is 20.1 Å². The minimum atomic E-state index is -4.18. The molecule has 1 atom stereocenters. The summed E-state index contributed by atoms with van der Waals surface area (Å²) in [6.07, 6.45) is -0.133. The molecule has 0 radical (unpaired) electrons. The Morgan fingerprint density at radius 3 is 2.71 bits per heavy atom. The molecule has 0 spiro atoms. The third kappa shape index (κ3) is 4.79. The quantitative estimate of drug-likeness (QED) is 0.540. The lowest BCUT2D eigenvalue weighted by molar-refractivity contribution is -0.206. The van der Waals surface area contributed by atoms with Gasteiger partial charge in [0.25, 0.3) is 5.91 Å². The Labute approximate surface area is 200 Å². The number of fused-ring (bicyclic) bond motifs is 1. The number of carbonyl (C=O) groups excluding carboxylic acids is 1. The van der Waals surface area contributed by atoms with Gasteiger partial charge in [0.15, 0.2) is 5.13 Å². The average molecular weight is 492 g/mol. The predicted molar refractivity (Wildman–Crippen MR) is 127 cm³/mol. The van der Waals surface area contributed by atoms with Crippen molar-refractivity contribution in [2.75, 3.05) is 38.1 Å². The molecule has 1 saturated heterocycles. The van der Waals surface area contributed by atoms with E-state index in [2.05, 4.69) is 32.1 Å². The Kier molecular flexibility index (Phi) is 6.28. The number of halogens is 3. The van der Waals surface area contributed by atoms with E-state index in [4.69, 9.17) is 0 Å². The average Bonchev–Trinajstić information content (AvgIpc) is 3.40. The van der Waals surface area contributed by atoms with Crippen molar-refractivity contribution in [3.05, 3.63) is 47.1 Å². The first-order chi connectivity index (χ1) is 16.3. The third-order valence-corrected chi connectivity index (χ3v) is 8.19. The molecule has 2 N–H and O–H groups in total. The molecule has 3 aromatic rings. The fourth-order valence-electron chi connectivity index (χ4n) is 4.88. The number of H-pyrrole nitrogens is 1. The summed E-state index contributed by atoms with van der Waals surface area (Å²) in [4.78, 5) is 25.7. The molecule has 1 aliphatic carbocycles. The lowest BCUT2D eigenvalue weighted by Crippen LogP contribution is -2.49. The molecule has 1 aliphatic heterocycles. The lowest BCUT2D eigenvalue weighted by atomic mass is 9.69. The second kappa shape index (κ2) is 9.22. The van der Waals surface area contributed by atoms with Crippen LogP contribution in [0.3, 0.4) is 0 Å². The standard InChI is InChI=1S/C24H28F3N5OS/c1-31-6-8-32(9-7-31)23-29-14-21(34-23)22(33)30-20(15-10-17(11-15)24(25,26)27)12-16-13-28-19-5-3-2-4-18(16)19/h2-5,13-15,17,20,28H,6-12H2,1H3,(H,30,33). The number of piperazine rings is 1. The minimum absolute atomic E-state index is 0.0477. The number of rotatable bonds is 6. The van der Waals surface area contributed by atoms with Crippen molar-refractivity contribution < 1.29 is 18.0 Å². The van der Waals surface area contributed by atoms with Crippen LogP contribution in [0.25, 0.3) is 10.9 Å². The third-order valence-electron chi connectivity index (χ3n) is 7.13. The van der Waals surface area contributed by atoms with E-state index >= 15 is 0 Å². The van der Waals surface area contributed by atoms with Crippen LogP contribution < -0.4 is 10.2 Å². The van der Waals surface area contributed by atoms with E-state index < -0.39 is 12.1 Å². The smallest absolute Gasteiger partial charge is 0.361 e. The molecular weight excluding hydrogens is 463 g/mol. The van der Waals surface area contributed by atoms with E-state index in [1.165, 1.54) is 11.3 Å². The zero-order chi connectivity index (χ0) is 23.9. The van der Waals surface area contributed by atoms with Gasteiger partial charge in [-0.05, 0) is 43.9 Å². The van der Waals surface area contributed by atoms with Gasteiger partial charge in [0.05, 0.1) is 12.1 Å². The number of amides is 1. The van der Waals surface area contributed by atoms with Crippen molar-refractivity contribution in [3.63, 3.8) is 0 Å². The topological polar surface area (TPSA) is 64.3 Å². The number of benzene rings is 1. The summed E-state index contributed by atoms with van der Waals surface area (Å²) in [5.74, 6) is -1.76. The number of carbonyl (C=O) groups is 1. The van der Waals surface area contributed by atoms with Crippen LogP contribution in [0.15, 0.2) is 36.7 Å². The highest BCUT2D eigenvalue weighted by Crippen LogP contribution is 2.46. The molecule has 1 saturated carbocycles. The van der Waals surface area contributed by atoms with Crippen molar-refractivity contribution in [2.24, 2.45) is 11.8 Å². The first-order valence-corrected chi connectivity index (χ1v) is 12.4. The highest BCUT2D eigenvalue weighted by Gasteiger charge is 2.50. The summed E-state index contributed by atoms with van der Waals surface area (Å²) in [5, 5.41) is 4.90. The Hall–Kier alpha value is -2.59. The highest BCUT2D eigenvalue weighted by molar-refractivity contribution is 7.17. The molecular formula is C24H28F3N5OS. The number of anilines is 1. The molecule has 182 valence electrons. The van der Waals surface area contributed by atoms with Gasteiger partial charge in [-0.2, -0.15) is 13.2 Å². The fourth-order valence-corrected chi connectivity index (χ4v) is 5.75. The number of aromatic nitrogens is 2. The zero-order valence-corrected chi connectivity index (χ0v) is 19.8. The van der Waals surface area contributed by atoms with Crippen molar-refractivity contribution >= 4 is 33.3 Å². The number of likely N-dealkylation sites (N-methyl/N-ethyl adjacent to an activating group) is 1. The normalized spacial score (nSPS) is 22.5. The Balaban J connectivity index is 1.31. The summed E-state index contributed by atoms with van der Waals surface area (Å²) in [7, 11) is 2.08. The van der Waals surface area contributed by atoms with Crippen LogP contribution in [0.4, 0.5) is 18.3 Å². The second-order valence-corrected chi connectivity index (χ2v) is 10.4. The number of hydrogen-bond acceptors (Lipinski definition) is 5. The van der Waals surface area contributed by atoms with E-state index in [0.717, 1.165) is 47.8 Å². The first kappa shape index (κ1) is 23.2. The fraction of sp³-hybridized carbons (Fsp3) is 0.500. The summed E-state index contributed by atoms with van der Waals surface area (Å²) in [5.41, 5.74) is 1.97. The van der Waals surface area contributed by atoms with E-state index in [-0.39, 0.29) is 30.7 Å². The van der Waals surface area contributed by atoms with Crippen LogP contribution in [0, 0.1) is 11.8 Å². The minimum Gasteiger partial charge on any atom is -0.361 e. The van der Waals surface area contributed by atoms with Crippen molar-refractivity contribution in [1.29, 1.82) is 0 Å². The number of aromatic amines is 1. The zero-order valence-electron chi connectivity index (χ0n) is 18.9. The molecule has 2 aromatic heterocycles. The summed E-state index contributed by atoms with van der Waals surface area (Å²) >= 11 is 1.34. The highest BCUT2D eigenvalue weighted by atomic mass is 32.1. The largest absolute Gasteiger partial charge is 0.391 e. The molecule has 1 amide bonds. The molecule has 1 aromatic carbocycles. The van der Waals surface area contributed by atoms with E-state index in [1.807, 2.05) is 30.5 Å². The summed E-state index contributed by atoms with van der Waals surface area (Å²) in [6.45, 7) is 3.59. The van der Waals surface area contributed by atoms with Gasteiger partial charge in [-0.1, -0.05) is 29.5 Å². The van der Waals surface area contributed by atoms with Crippen molar-refractivity contribution in [3.8, 4) is 0 Å². The van der Waals surface area contributed by atoms with Gasteiger partial charge in [0, 0.05) is 49.3 Å². The Morgan fingerprint density at radius 2 is 1.97 bits per heavy atom. The van der Waals surface area contributed by atoms with Crippen LogP contribution >= 0.6 is 11.3 Å². The number of nitrogens with one attached hydrogen (secondary N) is 2. The van der Waals surface area contributed by atoms with E-state index in [1.54, 1.807) is 6.20 Å². The Bertz CT molecular complexity index is 1140. The lowest BCUT2D eigenvalue weighted by Gasteiger charge is -2.41. The summed E-state index contributed by atoms with van der Waals surface area (Å²) < 4.78 is 39.4. The molecule has 3 heterocycles. The van der Waals surface area contributed by atoms with E-state index in [9.17, 15) is 18.0 Å². The number of nitrogens with zero attached hydrogens (tertiary/aromatic N) is 3. The van der Waals surface area contributed by atoms with Crippen LogP contribution in [-0.2, 0) is 6.42 Å². The van der Waals surface area contributed by atoms with Crippen molar-refractivity contribution in [2.45, 2.75) is 31.5 Å². The van der Waals surface area contributed by atoms with Gasteiger partial charge in [-0.15, -0.1) is 0 Å². The second-order valence-electron chi connectivity index (χ2n) is 9.41. The van der Waals surface area contributed by atoms with Gasteiger partial charge in [-0.25, -0.2) is 4.98 Å². The van der Waals surface area contributed by atoms with Gasteiger partial charge in [0.2, 0.25) is 0 Å². The molecule has 2 fully saturated rings. The van der Waals surface area contributed by atoms with Crippen molar-refractivity contribution in [1.82, 2.24) is 20.2 Å². The SMILES string of the molecule is CN1CCN(c2ncc(C(=O)NC(Cc3c[nH]c4ccccc34)C3CC(C(F)(F)F)C3)s2)CC1. The number of para-hydroxylation sites is 1. The number of hydrogen-bond donors (Lipinski definition) is 2. The van der Waals surface area contributed by atoms with Crippen LogP contribution in [-0.4, -0.2) is 66.2 Å². The molecule has 2 aliphatic rings. The number of alkyl halides is 3. The molecule has 1 unspecified atom stereocenters. The maximum atomic E-state index is 13.1. The molecule has 10 heteroatoms. The van der Waals surface area contributed by atoms with Gasteiger partial charge in [-0.3, -0.25) is 4.79 Å². The molecule has 0 bridgehead atoms. The van der Waals surface area contributed by atoms with Crippen LogP contribution in [0.5, 0.6) is 0 Å². The first-order valence-electron chi connectivity index (χ1n) is 11.6.